The number of nitrogens with zero attached hydrogens (tertiary/aromatic N) is 1. The Morgan fingerprint density at radius 2 is 2.39 bits per heavy atom. The predicted octanol–water partition coefficient (Wildman–Crippen LogP) is 0.391. The van der Waals surface area contributed by atoms with E-state index in [0.29, 0.717) is 19.1 Å². The van der Waals surface area contributed by atoms with E-state index in [1.165, 1.54) is 0 Å². The maximum atomic E-state index is 5.48. The first-order valence-corrected chi connectivity index (χ1v) is 6.65. The number of hydrazine groups is 1. The van der Waals surface area contributed by atoms with Crippen LogP contribution in [0.3, 0.4) is 0 Å². The molecule has 106 valence electrons. The van der Waals surface area contributed by atoms with E-state index >= 15 is 0 Å². The second kappa shape index (κ2) is 8.29. The summed E-state index contributed by atoms with van der Waals surface area (Å²) in [4.78, 5) is 4.39. The highest BCUT2D eigenvalue weighted by atomic mass is 16.5. The molecule has 0 spiro atoms. The van der Waals surface area contributed by atoms with Gasteiger partial charge in [-0.15, -0.1) is 0 Å². The van der Waals surface area contributed by atoms with E-state index < -0.39 is 0 Å². The molecule has 0 aromatic carbocycles. The molecule has 0 aliphatic carbocycles. The maximum absolute atomic E-state index is 5.48. The zero-order valence-corrected chi connectivity index (χ0v) is 11.5. The van der Waals surface area contributed by atoms with Crippen LogP contribution in [0.5, 0.6) is 0 Å². The second-order valence-electron chi connectivity index (χ2n) is 4.77. The lowest BCUT2D eigenvalue weighted by Crippen LogP contribution is -2.56. The molecule has 18 heavy (non-hydrogen) atoms. The molecule has 6 nitrogen and oxygen atoms in total. The Morgan fingerprint density at radius 3 is 3.00 bits per heavy atom. The average molecular weight is 258 g/mol. The summed E-state index contributed by atoms with van der Waals surface area (Å²) in [5, 5.41) is 3.32. The molecule has 1 saturated heterocycles. The van der Waals surface area contributed by atoms with Gasteiger partial charge < -0.3 is 14.8 Å². The lowest BCUT2D eigenvalue weighted by molar-refractivity contribution is 0.0366. The standard InChI is InChI=1S/C12H26N4O2/c1-3-17-9-5-7-14-11(16-13)15-12(2)6-4-8-18-10-12/h3-10,13H2,1-2H3,(H2,14,15,16). The highest BCUT2D eigenvalue weighted by molar-refractivity contribution is 5.79. The highest BCUT2D eigenvalue weighted by Gasteiger charge is 2.28. The minimum atomic E-state index is -0.0800. The van der Waals surface area contributed by atoms with Crippen LogP contribution in [0.1, 0.15) is 33.1 Å². The number of ether oxygens (including phenoxy) is 2. The number of nitrogens with one attached hydrogen (secondary N) is 2. The fourth-order valence-corrected chi connectivity index (χ4v) is 1.94. The predicted molar refractivity (Wildman–Crippen MR) is 72.3 cm³/mol. The number of hydrogen-bond donors (Lipinski definition) is 3. The topological polar surface area (TPSA) is 80.9 Å². The summed E-state index contributed by atoms with van der Waals surface area (Å²) in [7, 11) is 0. The Labute approximate surface area is 109 Å². The zero-order valence-electron chi connectivity index (χ0n) is 11.5. The van der Waals surface area contributed by atoms with Gasteiger partial charge in [-0.1, -0.05) is 0 Å². The average Bonchev–Trinajstić information content (AvgIpc) is 2.38. The largest absolute Gasteiger partial charge is 0.382 e. The first kappa shape index (κ1) is 15.2. The fourth-order valence-electron chi connectivity index (χ4n) is 1.94. The van der Waals surface area contributed by atoms with Gasteiger partial charge in [-0.05, 0) is 33.1 Å². The van der Waals surface area contributed by atoms with Crippen LogP contribution in [0.2, 0.25) is 0 Å². The van der Waals surface area contributed by atoms with Gasteiger partial charge in [0.2, 0.25) is 5.96 Å². The molecule has 6 heteroatoms. The van der Waals surface area contributed by atoms with Crippen LogP contribution in [0, 0.1) is 0 Å². The van der Waals surface area contributed by atoms with Gasteiger partial charge >= 0.3 is 0 Å². The van der Waals surface area contributed by atoms with Gasteiger partial charge in [-0.25, -0.2) is 5.84 Å². The van der Waals surface area contributed by atoms with Crippen molar-refractivity contribution >= 4 is 5.96 Å². The van der Waals surface area contributed by atoms with Crippen molar-refractivity contribution in [2.75, 3.05) is 33.0 Å². The molecule has 0 aromatic heterocycles. The Kier molecular flexibility index (Phi) is 7.00. The minimum absolute atomic E-state index is 0.0800. The Bertz CT molecular complexity index is 252. The third-order valence-electron chi connectivity index (χ3n) is 2.92. The van der Waals surface area contributed by atoms with E-state index in [1.807, 2.05) is 6.92 Å². The molecule has 0 bridgehead atoms. The van der Waals surface area contributed by atoms with Gasteiger partial charge in [0.1, 0.15) is 0 Å². The van der Waals surface area contributed by atoms with Crippen molar-refractivity contribution in [3.8, 4) is 0 Å². The fraction of sp³-hybridized carbons (Fsp3) is 0.917. The molecule has 1 heterocycles. The molecule has 1 rings (SSSR count). The van der Waals surface area contributed by atoms with E-state index in [0.717, 1.165) is 39.1 Å². The molecule has 1 atom stereocenters. The maximum Gasteiger partial charge on any atom is 0.206 e. The van der Waals surface area contributed by atoms with Crippen LogP contribution < -0.4 is 16.6 Å². The Morgan fingerprint density at radius 1 is 1.56 bits per heavy atom. The summed E-state index contributed by atoms with van der Waals surface area (Å²) < 4.78 is 10.7. The summed E-state index contributed by atoms with van der Waals surface area (Å²) in [6.45, 7) is 7.82. The first-order chi connectivity index (χ1) is 8.70. The molecule has 0 amide bonds. The summed E-state index contributed by atoms with van der Waals surface area (Å²) in [6.07, 6.45) is 3.02. The third kappa shape index (κ3) is 5.66. The summed E-state index contributed by atoms with van der Waals surface area (Å²) in [6, 6.07) is 0. The van der Waals surface area contributed by atoms with Gasteiger partial charge in [-0.3, -0.25) is 10.4 Å². The van der Waals surface area contributed by atoms with E-state index in [9.17, 15) is 0 Å². The van der Waals surface area contributed by atoms with Crippen LogP contribution in [0.4, 0.5) is 0 Å². The molecular weight excluding hydrogens is 232 g/mol. The molecule has 1 aliphatic rings. The Balaban J connectivity index is 2.33. The molecule has 0 saturated carbocycles. The number of guanidine groups is 1. The van der Waals surface area contributed by atoms with Gasteiger partial charge in [-0.2, -0.15) is 0 Å². The molecule has 1 fully saturated rings. The number of aliphatic imine (C=N–C) groups is 1. The monoisotopic (exact) mass is 258 g/mol. The van der Waals surface area contributed by atoms with Gasteiger partial charge in [0.05, 0.1) is 12.1 Å². The molecule has 4 N–H and O–H groups in total. The van der Waals surface area contributed by atoms with Crippen molar-refractivity contribution in [2.45, 2.75) is 38.6 Å². The smallest absolute Gasteiger partial charge is 0.206 e. The first-order valence-electron chi connectivity index (χ1n) is 6.65. The second-order valence-corrected chi connectivity index (χ2v) is 4.77. The zero-order chi connectivity index (χ0) is 13.3. The summed E-state index contributed by atoms with van der Waals surface area (Å²) in [5.74, 6) is 6.10. The van der Waals surface area contributed by atoms with Crippen LogP contribution in [-0.4, -0.2) is 44.5 Å². The number of hydrogen-bond acceptors (Lipinski definition) is 4. The van der Waals surface area contributed by atoms with Crippen LogP contribution in [0.15, 0.2) is 4.99 Å². The van der Waals surface area contributed by atoms with Crippen molar-refractivity contribution in [1.29, 1.82) is 0 Å². The lowest BCUT2D eigenvalue weighted by Gasteiger charge is -2.35. The van der Waals surface area contributed by atoms with Crippen LogP contribution in [0.25, 0.3) is 0 Å². The van der Waals surface area contributed by atoms with Crippen molar-refractivity contribution < 1.29 is 9.47 Å². The normalized spacial score (nSPS) is 24.9. The van der Waals surface area contributed by atoms with Crippen molar-refractivity contribution in [3.63, 3.8) is 0 Å². The molecule has 0 aromatic rings. The quantitative estimate of drug-likeness (QED) is 0.211. The molecule has 1 aliphatic heterocycles. The summed E-state index contributed by atoms with van der Waals surface area (Å²) in [5.41, 5.74) is 2.53. The van der Waals surface area contributed by atoms with E-state index in [1.54, 1.807) is 0 Å². The van der Waals surface area contributed by atoms with Crippen molar-refractivity contribution in [1.82, 2.24) is 10.7 Å². The Hall–Kier alpha value is -0.850. The number of nitrogens with two attached hydrogens (primary N) is 1. The van der Waals surface area contributed by atoms with Crippen molar-refractivity contribution in [2.24, 2.45) is 10.8 Å². The molecule has 0 radical (unpaired) electrons. The lowest BCUT2D eigenvalue weighted by atomic mass is 9.95. The van der Waals surface area contributed by atoms with Gasteiger partial charge in [0.15, 0.2) is 0 Å². The van der Waals surface area contributed by atoms with E-state index in [2.05, 4.69) is 22.7 Å². The van der Waals surface area contributed by atoms with Crippen molar-refractivity contribution in [3.05, 3.63) is 0 Å². The van der Waals surface area contributed by atoms with E-state index in [-0.39, 0.29) is 5.54 Å². The molecular formula is C12H26N4O2. The SMILES string of the molecule is CCOCCCN=C(NN)NC1(C)CCCOC1. The number of rotatable bonds is 6. The van der Waals surface area contributed by atoms with Crippen LogP contribution >= 0.6 is 0 Å². The van der Waals surface area contributed by atoms with Gasteiger partial charge in [0.25, 0.3) is 0 Å². The molecule has 1 unspecified atom stereocenters. The summed E-state index contributed by atoms with van der Waals surface area (Å²) >= 11 is 0. The highest BCUT2D eigenvalue weighted by Crippen LogP contribution is 2.17. The minimum Gasteiger partial charge on any atom is -0.382 e. The van der Waals surface area contributed by atoms with Crippen LogP contribution in [-0.2, 0) is 9.47 Å². The third-order valence-corrected chi connectivity index (χ3v) is 2.92. The van der Waals surface area contributed by atoms with E-state index in [4.69, 9.17) is 15.3 Å². The van der Waals surface area contributed by atoms with Gasteiger partial charge in [0, 0.05) is 26.4 Å².